The lowest BCUT2D eigenvalue weighted by molar-refractivity contribution is -0.179. The number of carbonyl (C=O) groups excluding carboxylic acids is 1. The number of nitrogens with one attached hydrogen (secondary N) is 1. The number of carbonyl (C=O) groups is 1. The summed E-state index contributed by atoms with van der Waals surface area (Å²) in [5.74, 6) is -2.66. The molecule has 0 bridgehead atoms. The van der Waals surface area contributed by atoms with Crippen molar-refractivity contribution in [2.75, 3.05) is 23.3 Å². The first-order chi connectivity index (χ1) is 14.9. The van der Waals surface area contributed by atoms with E-state index in [1.54, 1.807) is 0 Å². The SMILES string of the molecule is NS(=O)c1cc(NC(=O)c2cc(C(F)(F)F)cnc2N2CCC(C(F)(F)F)CC2)ccn1. The van der Waals surface area contributed by atoms with Crippen LogP contribution in [0.5, 0.6) is 0 Å². The average Bonchev–Trinajstić information content (AvgIpc) is 2.72. The summed E-state index contributed by atoms with van der Waals surface area (Å²) in [6, 6.07) is 3.09. The molecule has 1 saturated heterocycles. The number of halogens is 6. The lowest BCUT2D eigenvalue weighted by Crippen LogP contribution is -2.40. The fourth-order valence-electron chi connectivity index (χ4n) is 3.25. The van der Waals surface area contributed by atoms with Crippen LogP contribution in [0.15, 0.2) is 35.6 Å². The van der Waals surface area contributed by atoms with Crippen molar-refractivity contribution >= 4 is 28.4 Å². The number of hydrogen-bond acceptors (Lipinski definition) is 5. The van der Waals surface area contributed by atoms with Crippen molar-refractivity contribution in [1.29, 1.82) is 0 Å². The maximum atomic E-state index is 13.2. The molecular formula is C18H17F6N5O2S. The molecule has 0 radical (unpaired) electrons. The van der Waals surface area contributed by atoms with Gasteiger partial charge in [0, 0.05) is 31.2 Å². The van der Waals surface area contributed by atoms with Crippen LogP contribution in [0.3, 0.4) is 0 Å². The van der Waals surface area contributed by atoms with Crippen molar-refractivity contribution < 1.29 is 35.3 Å². The Morgan fingerprint density at radius 3 is 2.34 bits per heavy atom. The van der Waals surface area contributed by atoms with Gasteiger partial charge in [0.25, 0.3) is 5.91 Å². The van der Waals surface area contributed by atoms with E-state index in [-0.39, 0.29) is 42.5 Å². The van der Waals surface area contributed by atoms with Crippen molar-refractivity contribution in [1.82, 2.24) is 9.97 Å². The van der Waals surface area contributed by atoms with E-state index < -0.39 is 46.3 Å². The summed E-state index contributed by atoms with van der Waals surface area (Å²) in [6.07, 6.45) is -7.98. The second-order valence-electron chi connectivity index (χ2n) is 7.03. The molecule has 0 saturated carbocycles. The Kier molecular flexibility index (Phi) is 6.74. The molecule has 3 heterocycles. The van der Waals surface area contributed by atoms with Crippen molar-refractivity contribution in [2.45, 2.75) is 30.2 Å². The predicted octanol–water partition coefficient (Wildman–Crippen LogP) is 3.51. The Labute approximate surface area is 180 Å². The van der Waals surface area contributed by atoms with Crippen LogP contribution in [0.4, 0.5) is 37.8 Å². The van der Waals surface area contributed by atoms with Gasteiger partial charge in [-0.2, -0.15) is 26.3 Å². The molecule has 7 nitrogen and oxygen atoms in total. The van der Waals surface area contributed by atoms with E-state index in [4.69, 9.17) is 5.14 Å². The summed E-state index contributed by atoms with van der Waals surface area (Å²) in [4.78, 5) is 21.7. The molecule has 2 aromatic heterocycles. The van der Waals surface area contributed by atoms with E-state index in [1.807, 2.05) is 0 Å². The summed E-state index contributed by atoms with van der Waals surface area (Å²) in [5.41, 5.74) is -1.58. The molecule has 1 atom stereocenters. The van der Waals surface area contributed by atoms with Gasteiger partial charge in [-0.15, -0.1) is 0 Å². The molecule has 3 N–H and O–H groups in total. The van der Waals surface area contributed by atoms with Crippen LogP contribution < -0.4 is 15.4 Å². The lowest BCUT2D eigenvalue weighted by Gasteiger charge is -2.34. The van der Waals surface area contributed by atoms with Gasteiger partial charge in [-0.3, -0.25) is 4.79 Å². The van der Waals surface area contributed by atoms with Crippen LogP contribution in [0.25, 0.3) is 0 Å². The van der Waals surface area contributed by atoms with Gasteiger partial charge in [-0.05, 0) is 31.0 Å². The number of alkyl halides is 6. The molecule has 1 fully saturated rings. The Morgan fingerprint density at radius 2 is 1.78 bits per heavy atom. The number of nitrogens with two attached hydrogens (primary N) is 1. The minimum atomic E-state index is -4.79. The average molecular weight is 481 g/mol. The van der Waals surface area contributed by atoms with Crippen LogP contribution >= 0.6 is 0 Å². The monoisotopic (exact) mass is 481 g/mol. The number of pyridine rings is 2. The molecule has 0 spiro atoms. The van der Waals surface area contributed by atoms with Crippen LogP contribution in [-0.4, -0.2) is 39.3 Å². The van der Waals surface area contributed by atoms with Gasteiger partial charge in [0.2, 0.25) is 0 Å². The topological polar surface area (TPSA) is 101 Å². The van der Waals surface area contributed by atoms with E-state index in [0.717, 1.165) is 0 Å². The summed E-state index contributed by atoms with van der Waals surface area (Å²) in [7, 11) is -1.96. The lowest BCUT2D eigenvalue weighted by atomic mass is 9.96. The van der Waals surface area contributed by atoms with E-state index in [1.165, 1.54) is 23.2 Å². The van der Waals surface area contributed by atoms with E-state index in [9.17, 15) is 35.3 Å². The van der Waals surface area contributed by atoms with E-state index in [2.05, 4.69) is 15.3 Å². The molecule has 14 heteroatoms. The fourth-order valence-corrected chi connectivity index (χ4v) is 3.65. The smallest absolute Gasteiger partial charge is 0.356 e. The van der Waals surface area contributed by atoms with Crippen LogP contribution in [0.1, 0.15) is 28.8 Å². The largest absolute Gasteiger partial charge is 0.417 e. The number of anilines is 2. The first-order valence-corrected chi connectivity index (χ1v) is 10.4. The zero-order valence-electron chi connectivity index (χ0n) is 16.2. The third kappa shape index (κ3) is 5.54. The number of aromatic nitrogens is 2. The molecule has 3 rings (SSSR count). The Hall–Kier alpha value is -2.74. The first kappa shape index (κ1) is 23.9. The number of amides is 1. The number of nitrogens with zero attached hydrogens (tertiary/aromatic N) is 3. The maximum absolute atomic E-state index is 13.2. The van der Waals surface area contributed by atoms with E-state index in [0.29, 0.717) is 12.3 Å². The molecule has 174 valence electrons. The minimum absolute atomic E-state index is 0.0675. The van der Waals surface area contributed by atoms with Gasteiger partial charge in [-0.1, -0.05) is 0 Å². The maximum Gasteiger partial charge on any atom is 0.417 e. The molecule has 0 aromatic carbocycles. The molecule has 1 aliphatic rings. The van der Waals surface area contributed by atoms with Gasteiger partial charge < -0.3 is 10.2 Å². The van der Waals surface area contributed by atoms with Crippen molar-refractivity contribution in [3.8, 4) is 0 Å². The number of hydrogen-bond donors (Lipinski definition) is 2. The van der Waals surface area contributed by atoms with Crippen LogP contribution in [-0.2, 0) is 17.2 Å². The van der Waals surface area contributed by atoms with Crippen molar-refractivity contribution in [3.05, 3.63) is 41.7 Å². The molecule has 2 aromatic rings. The first-order valence-electron chi connectivity index (χ1n) is 9.18. The molecule has 0 aliphatic carbocycles. The second kappa shape index (κ2) is 9.02. The molecular weight excluding hydrogens is 464 g/mol. The Morgan fingerprint density at radius 1 is 1.12 bits per heavy atom. The minimum Gasteiger partial charge on any atom is -0.356 e. The molecule has 1 aliphatic heterocycles. The third-order valence-electron chi connectivity index (χ3n) is 4.89. The highest BCUT2D eigenvalue weighted by molar-refractivity contribution is 7.82. The van der Waals surface area contributed by atoms with Gasteiger partial charge in [0.05, 0.1) is 17.0 Å². The zero-order valence-corrected chi connectivity index (χ0v) is 17.0. The van der Waals surface area contributed by atoms with Crippen LogP contribution in [0.2, 0.25) is 0 Å². The number of rotatable bonds is 4. The second-order valence-corrected chi connectivity index (χ2v) is 8.04. The van der Waals surface area contributed by atoms with Gasteiger partial charge in [-0.25, -0.2) is 19.3 Å². The summed E-state index contributed by atoms with van der Waals surface area (Å²) in [6.45, 7) is -0.261. The molecule has 32 heavy (non-hydrogen) atoms. The Balaban J connectivity index is 1.91. The van der Waals surface area contributed by atoms with Crippen molar-refractivity contribution in [3.63, 3.8) is 0 Å². The highest BCUT2D eigenvalue weighted by Crippen LogP contribution is 2.37. The third-order valence-corrected chi connectivity index (χ3v) is 5.53. The molecule has 1 amide bonds. The van der Waals surface area contributed by atoms with Gasteiger partial charge in [0.1, 0.15) is 21.8 Å². The summed E-state index contributed by atoms with van der Waals surface area (Å²) >= 11 is 0. The fraction of sp³-hybridized carbons (Fsp3) is 0.389. The van der Waals surface area contributed by atoms with Gasteiger partial charge >= 0.3 is 12.4 Å². The van der Waals surface area contributed by atoms with Gasteiger partial charge in [0.15, 0.2) is 0 Å². The Bertz CT molecular complexity index is 1020. The highest BCUT2D eigenvalue weighted by Gasteiger charge is 2.42. The summed E-state index contributed by atoms with van der Waals surface area (Å²) in [5, 5.41) is 7.52. The highest BCUT2D eigenvalue weighted by atomic mass is 32.2. The standard InChI is InChI=1S/C18H17F6N5O2S/c19-17(20,21)10-2-5-29(6-3-10)15-13(7-11(9-27-15)18(22,23)24)16(30)28-12-1-4-26-14(8-12)32(25)31/h1,4,7-10H,2-3,5-6,25H2,(H,26,28,30). The quantitative estimate of drug-likeness (QED) is 0.651. The molecule has 1 unspecified atom stereocenters. The predicted molar refractivity (Wildman–Crippen MR) is 103 cm³/mol. The zero-order chi connectivity index (χ0) is 23.7. The number of piperidine rings is 1. The normalized spacial score (nSPS) is 16.7. The van der Waals surface area contributed by atoms with Crippen molar-refractivity contribution in [2.24, 2.45) is 11.1 Å². The van der Waals surface area contributed by atoms with Crippen LogP contribution in [0, 0.1) is 5.92 Å². The summed E-state index contributed by atoms with van der Waals surface area (Å²) < 4.78 is 89.7. The van der Waals surface area contributed by atoms with E-state index >= 15 is 0 Å².